The van der Waals surface area contributed by atoms with Gasteiger partial charge in [-0.25, -0.2) is 4.99 Å². The van der Waals surface area contributed by atoms with Crippen LogP contribution in [0.25, 0.3) is 0 Å². The fourth-order valence-electron chi connectivity index (χ4n) is 3.56. The van der Waals surface area contributed by atoms with E-state index in [2.05, 4.69) is 41.3 Å². The zero-order chi connectivity index (χ0) is 22.8. The van der Waals surface area contributed by atoms with Gasteiger partial charge in [-0.3, -0.25) is 4.99 Å². The molecule has 1 aliphatic rings. The number of aliphatic imine (C=N–C) groups is 2. The number of hydrogen-bond donors (Lipinski definition) is 1. The summed E-state index contributed by atoms with van der Waals surface area (Å²) in [5, 5.41) is 4.04. The van der Waals surface area contributed by atoms with E-state index in [1.165, 1.54) is 5.56 Å². The first kappa shape index (κ1) is 23.9. The van der Waals surface area contributed by atoms with Crippen LogP contribution < -0.4 is 14.8 Å². The lowest BCUT2D eigenvalue weighted by molar-refractivity contribution is 0.217. The Morgan fingerprint density at radius 1 is 1.06 bits per heavy atom. The summed E-state index contributed by atoms with van der Waals surface area (Å²) in [6.45, 7) is 5.27. The minimum Gasteiger partial charge on any atom is -0.490 e. The standard InChI is InChI=1S/C26H32ClN3O2/c1-4-8-19-9-6-11-22(17-19)31-15-16-32-23-12-7-10-21(18-23)29-25-20(5-2)13-14-24(27)26(28-3)30-25/h6-7,9-12,14,17-18,20H,4-5,8,13,15-16H2,1-3H3,(H,28,29,30). The molecule has 0 saturated heterocycles. The minimum atomic E-state index is 0.254. The van der Waals surface area contributed by atoms with E-state index in [-0.39, 0.29) is 5.92 Å². The van der Waals surface area contributed by atoms with Crippen LogP contribution in [-0.2, 0) is 6.42 Å². The average Bonchev–Trinajstić information content (AvgIpc) is 2.95. The van der Waals surface area contributed by atoms with E-state index >= 15 is 0 Å². The van der Waals surface area contributed by atoms with Crippen molar-refractivity contribution in [3.63, 3.8) is 0 Å². The predicted octanol–water partition coefficient (Wildman–Crippen LogP) is 6.49. The van der Waals surface area contributed by atoms with Crippen LogP contribution >= 0.6 is 11.6 Å². The number of rotatable bonds is 9. The molecule has 0 saturated carbocycles. The van der Waals surface area contributed by atoms with Gasteiger partial charge in [0.05, 0.1) is 5.03 Å². The molecule has 5 nitrogen and oxygen atoms in total. The van der Waals surface area contributed by atoms with Crippen molar-refractivity contribution in [2.75, 3.05) is 25.6 Å². The summed E-state index contributed by atoms with van der Waals surface area (Å²) in [7, 11) is 1.70. The SMILES string of the molecule is CCCc1cccc(OCCOc2cccc(NC3=NC(=NC)C(Cl)=CCC3CC)c2)c1. The summed E-state index contributed by atoms with van der Waals surface area (Å²) in [5.41, 5.74) is 2.21. The van der Waals surface area contributed by atoms with Gasteiger partial charge in [0.15, 0.2) is 5.84 Å². The predicted molar refractivity (Wildman–Crippen MR) is 135 cm³/mol. The Labute approximate surface area is 196 Å². The zero-order valence-electron chi connectivity index (χ0n) is 19.1. The first-order valence-corrected chi connectivity index (χ1v) is 11.6. The third-order valence-electron chi connectivity index (χ3n) is 5.28. The van der Waals surface area contributed by atoms with Crippen LogP contribution in [0.15, 0.2) is 69.6 Å². The second-order valence-electron chi connectivity index (χ2n) is 7.68. The van der Waals surface area contributed by atoms with Gasteiger partial charge < -0.3 is 14.8 Å². The number of benzene rings is 2. The van der Waals surface area contributed by atoms with Crippen molar-refractivity contribution >= 4 is 29.0 Å². The minimum absolute atomic E-state index is 0.254. The molecule has 0 fully saturated rings. The number of aryl methyl sites for hydroxylation is 1. The summed E-state index contributed by atoms with van der Waals surface area (Å²) < 4.78 is 11.8. The van der Waals surface area contributed by atoms with E-state index in [0.717, 1.165) is 48.7 Å². The maximum absolute atomic E-state index is 6.31. The molecule has 0 spiro atoms. The van der Waals surface area contributed by atoms with Crippen molar-refractivity contribution < 1.29 is 9.47 Å². The second-order valence-corrected chi connectivity index (χ2v) is 8.09. The van der Waals surface area contributed by atoms with Crippen LogP contribution in [0.2, 0.25) is 0 Å². The van der Waals surface area contributed by atoms with Gasteiger partial charge in [0.25, 0.3) is 0 Å². The van der Waals surface area contributed by atoms with Gasteiger partial charge in [-0.2, -0.15) is 0 Å². The van der Waals surface area contributed by atoms with Crippen LogP contribution in [0.1, 0.15) is 38.7 Å². The summed E-state index contributed by atoms with van der Waals surface area (Å²) in [5.74, 6) is 3.34. The highest BCUT2D eigenvalue weighted by atomic mass is 35.5. The normalized spacial score (nSPS) is 17.4. The van der Waals surface area contributed by atoms with Crippen LogP contribution in [0, 0.1) is 5.92 Å². The number of nitrogens with zero attached hydrogens (tertiary/aromatic N) is 2. The van der Waals surface area contributed by atoms with Crippen LogP contribution in [0.3, 0.4) is 0 Å². The van der Waals surface area contributed by atoms with Gasteiger partial charge >= 0.3 is 0 Å². The Morgan fingerprint density at radius 3 is 2.47 bits per heavy atom. The lowest BCUT2D eigenvalue weighted by Crippen LogP contribution is -2.23. The van der Waals surface area contributed by atoms with E-state index in [1.807, 2.05) is 42.5 Å². The Morgan fingerprint density at radius 2 is 1.78 bits per heavy atom. The monoisotopic (exact) mass is 453 g/mol. The molecule has 32 heavy (non-hydrogen) atoms. The highest BCUT2D eigenvalue weighted by molar-refractivity contribution is 6.44. The van der Waals surface area contributed by atoms with Crippen LogP contribution in [0.5, 0.6) is 11.5 Å². The van der Waals surface area contributed by atoms with Crippen molar-refractivity contribution in [3.05, 3.63) is 65.2 Å². The smallest absolute Gasteiger partial charge is 0.167 e. The third-order valence-corrected chi connectivity index (χ3v) is 5.60. The Hall–Kier alpha value is -2.79. The number of anilines is 1. The number of halogens is 1. The average molecular weight is 454 g/mol. The maximum Gasteiger partial charge on any atom is 0.167 e. The van der Waals surface area contributed by atoms with Gasteiger partial charge in [0, 0.05) is 24.7 Å². The van der Waals surface area contributed by atoms with Crippen LogP contribution in [-0.4, -0.2) is 31.9 Å². The Bertz CT molecular complexity index is 985. The van der Waals surface area contributed by atoms with Gasteiger partial charge in [-0.1, -0.05) is 56.1 Å². The first-order valence-electron chi connectivity index (χ1n) is 11.3. The van der Waals surface area contributed by atoms with E-state index in [4.69, 9.17) is 21.1 Å². The molecule has 0 radical (unpaired) electrons. The molecule has 0 aromatic heterocycles. The van der Waals surface area contributed by atoms with Crippen molar-refractivity contribution in [3.8, 4) is 11.5 Å². The lowest BCUT2D eigenvalue weighted by Gasteiger charge is -2.17. The van der Waals surface area contributed by atoms with Crippen molar-refractivity contribution in [2.24, 2.45) is 15.9 Å². The molecule has 0 aliphatic carbocycles. The fraction of sp³-hybridized carbons (Fsp3) is 0.385. The lowest BCUT2D eigenvalue weighted by atomic mass is 10.0. The topological polar surface area (TPSA) is 55.2 Å². The van der Waals surface area contributed by atoms with Crippen molar-refractivity contribution in [2.45, 2.75) is 39.5 Å². The number of nitrogens with one attached hydrogen (secondary N) is 1. The number of ether oxygens (including phenoxy) is 2. The van der Waals surface area contributed by atoms with E-state index < -0.39 is 0 Å². The van der Waals surface area contributed by atoms with Crippen molar-refractivity contribution in [1.29, 1.82) is 0 Å². The Kier molecular flexibility index (Phi) is 9.17. The van der Waals surface area contributed by atoms with E-state index in [0.29, 0.717) is 24.1 Å². The highest BCUT2D eigenvalue weighted by Crippen LogP contribution is 2.24. The Balaban J connectivity index is 1.57. The molecular formula is C26H32ClN3O2. The number of allylic oxidation sites excluding steroid dienone is 1. The molecule has 1 unspecified atom stereocenters. The molecule has 1 N–H and O–H groups in total. The molecule has 6 heteroatoms. The molecule has 2 aromatic rings. The molecule has 3 rings (SSSR count). The molecular weight excluding hydrogens is 422 g/mol. The van der Waals surface area contributed by atoms with Gasteiger partial charge in [-0.15, -0.1) is 0 Å². The summed E-state index contributed by atoms with van der Waals surface area (Å²) in [6, 6.07) is 16.1. The van der Waals surface area contributed by atoms with Gasteiger partial charge in [0.1, 0.15) is 30.5 Å². The zero-order valence-corrected chi connectivity index (χ0v) is 19.9. The second kappa shape index (κ2) is 12.3. The largest absolute Gasteiger partial charge is 0.490 e. The molecule has 0 amide bonds. The molecule has 1 aliphatic heterocycles. The van der Waals surface area contributed by atoms with E-state index in [9.17, 15) is 0 Å². The maximum atomic E-state index is 6.31. The highest BCUT2D eigenvalue weighted by Gasteiger charge is 2.19. The number of hydrogen-bond acceptors (Lipinski definition) is 4. The molecule has 170 valence electrons. The molecule has 0 bridgehead atoms. The van der Waals surface area contributed by atoms with E-state index in [1.54, 1.807) is 7.05 Å². The number of amidine groups is 2. The van der Waals surface area contributed by atoms with Crippen LogP contribution in [0.4, 0.5) is 5.69 Å². The van der Waals surface area contributed by atoms with Gasteiger partial charge in [0.2, 0.25) is 0 Å². The quantitative estimate of drug-likeness (QED) is 0.441. The summed E-state index contributed by atoms with van der Waals surface area (Å²) in [6.07, 6.45) is 5.96. The first-order chi connectivity index (χ1) is 15.6. The summed E-state index contributed by atoms with van der Waals surface area (Å²) in [4.78, 5) is 8.88. The fourth-order valence-corrected chi connectivity index (χ4v) is 3.78. The molecule has 1 atom stereocenters. The summed E-state index contributed by atoms with van der Waals surface area (Å²) >= 11 is 6.31. The molecule has 1 heterocycles. The molecule has 2 aromatic carbocycles. The van der Waals surface area contributed by atoms with Crippen molar-refractivity contribution in [1.82, 2.24) is 0 Å². The third kappa shape index (κ3) is 6.86. The van der Waals surface area contributed by atoms with Gasteiger partial charge in [-0.05, 0) is 49.1 Å².